The summed E-state index contributed by atoms with van der Waals surface area (Å²) in [6.07, 6.45) is 0. The van der Waals surface area contributed by atoms with Gasteiger partial charge in [-0.1, -0.05) is 49.6 Å². The highest BCUT2D eigenvalue weighted by Crippen LogP contribution is 2.09. The molecular weight excluding hydrogens is 244 g/mol. The Hall–Kier alpha value is -1.53. The number of carbonyl (C=O) groups excluding carboxylic acids is 2. The molecule has 0 aliphatic heterocycles. The van der Waals surface area contributed by atoms with E-state index in [0.29, 0.717) is 11.3 Å². The summed E-state index contributed by atoms with van der Waals surface area (Å²) >= 11 is 1.20. The summed E-state index contributed by atoms with van der Waals surface area (Å²) in [4.78, 5) is 22.4. The van der Waals surface area contributed by atoms with E-state index >= 15 is 0 Å². The van der Waals surface area contributed by atoms with Gasteiger partial charge in [-0.15, -0.1) is 0 Å². The van der Waals surface area contributed by atoms with Gasteiger partial charge in [-0.3, -0.25) is 9.59 Å². The van der Waals surface area contributed by atoms with Crippen molar-refractivity contribution in [2.24, 2.45) is 5.92 Å². The van der Waals surface area contributed by atoms with E-state index in [0.717, 1.165) is 5.56 Å². The maximum atomic E-state index is 11.7. The van der Waals surface area contributed by atoms with Gasteiger partial charge in [0.05, 0.1) is 5.75 Å². The Balaban J connectivity index is 2.66. The van der Waals surface area contributed by atoms with E-state index in [1.54, 1.807) is 12.1 Å². The van der Waals surface area contributed by atoms with Gasteiger partial charge in [-0.2, -0.15) is 0 Å². The topological polar surface area (TPSA) is 34.1 Å². The van der Waals surface area contributed by atoms with Crippen molar-refractivity contribution < 1.29 is 9.59 Å². The summed E-state index contributed by atoms with van der Waals surface area (Å²) in [5, 5.41) is 0.0715. The second-order valence-corrected chi connectivity index (χ2v) is 5.33. The van der Waals surface area contributed by atoms with Crippen molar-refractivity contribution in [1.82, 2.24) is 0 Å². The summed E-state index contributed by atoms with van der Waals surface area (Å²) in [6.45, 7) is 5.29. The van der Waals surface area contributed by atoms with Crippen molar-refractivity contribution in [2.45, 2.75) is 20.8 Å². The summed E-state index contributed by atoms with van der Waals surface area (Å²) in [6, 6.07) is 7.26. The second kappa shape index (κ2) is 7.03. The van der Waals surface area contributed by atoms with Crippen molar-refractivity contribution in [3.63, 3.8) is 0 Å². The molecule has 2 nitrogen and oxygen atoms in total. The SMILES string of the molecule is CC(=O)SCC#Cc1ccc(C(=O)C(C)C)cc1. The molecule has 3 heteroatoms. The predicted octanol–water partition coefficient (Wildman–Crippen LogP) is 3.16. The monoisotopic (exact) mass is 260 g/mol. The second-order valence-electron chi connectivity index (χ2n) is 4.18. The van der Waals surface area contributed by atoms with Crippen LogP contribution in [0.5, 0.6) is 0 Å². The van der Waals surface area contributed by atoms with Gasteiger partial charge >= 0.3 is 0 Å². The first kappa shape index (κ1) is 14.5. The first-order valence-electron chi connectivity index (χ1n) is 5.77. The van der Waals surface area contributed by atoms with Crippen molar-refractivity contribution in [1.29, 1.82) is 0 Å². The van der Waals surface area contributed by atoms with Crippen LogP contribution < -0.4 is 0 Å². The van der Waals surface area contributed by atoms with Gasteiger partial charge in [0, 0.05) is 24.0 Å². The molecule has 1 rings (SSSR count). The van der Waals surface area contributed by atoms with Crippen LogP contribution in [0.25, 0.3) is 0 Å². The molecule has 0 aliphatic carbocycles. The first-order valence-corrected chi connectivity index (χ1v) is 6.75. The molecule has 0 bridgehead atoms. The lowest BCUT2D eigenvalue weighted by Gasteiger charge is -2.03. The summed E-state index contributed by atoms with van der Waals surface area (Å²) in [5.41, 5.74) is 1.58. The third kappa shape index (κ3) is 4.77. The van der Waals surface area contributed by atoms with E-state index in [2.05, 4.69) is 11.8 Å². The van der Waals surface area contributed by atoms with E-state index in [1.807, 2.05) is 26.0 Å². The number of Topliss-reactive ketones (excluding diaryl/α,β-unsaturated/α-hetero) is 1. The van der Waals surface area contributed by atoms with E-state index in [9.17, 15) is 9.59 Å². The predicted molar refractivity (Wildman–Crippen MR) is 75.6 cm³/mol. The maximum Gasteiger partial charge on any atom is 0.186 e. The molecule has 0 atom stereocenters. The fourth-order valence-corrected chi connectivity index (χ4v) is 1.67. The molecule has 94 valence electrons. The fourth-order valence-electron chi connectivity index (χ4n) is 1.33. The molecule has 1 aromatic carbocycles. The van der Waals surface area contributed by atoms with Gasteiger partial charge in [0.15, 0.2) is 10.9 Å². The van der Waals surface area contributed by atoms with Crippen LogP contribution in [0.3, 0.4) is 0 Å². The highest BCUT2D eigenvalue weighted by molar-refractivity contribution is 8.13. The van der Waals surface area contributed by atoms with Crippen molar-refractivity contribution in [3.8, 4) is 11.8 Å². The van der Waals surface area contributed by atoms with Crippen LogP contribution in [0, 0.1) is 17.8 Å². The van der Waals surface area contributed by atoms with E-state index < -0.39 is 0 Å². The summed E-state index contributed by atoms with van der Waals surface area (Å²) in [5.74, 6) is 6.52. The largest absolute Gasteiger partial charge is 0.294 e. The maximum absolute atomic E-state index is 11.7. The zero-order valence-corrected chi connectivity index (χ0v) is 11.6. The lowest BCUT2D eigenvalue weighted by molar-refractivity contribution is -0.109. The van der Waals surface area contributed by atoms with E-state index in [-0.39, 0.29) is 16.8 Å². The Morgan fingerprint density at radius 2 is 1.83 bits per heavy atom. The van der Waals surface area contributed by atoms with Gasteiger partial charge in [-0.25, -0.2) is 0 Å². The molecule has 0 spiro atoms. The van der Waals surface area contributed by atoms with E-state index in [1.165, 1.54) is 18.7 Å². The van der Waals surface area contributed by atoms with Crippen LogP contribution in [0.2, 0.25) is 0 Å². The van der Waals surface area contributed by atoms with Gasteiger partial charge in [-0.05, 0) is 12.1 Å². The van der Waals surface area contributed by atoms with Crippen LogP contribution in [-0.2, 0) is 4.79 Å². The summed E-state index contributed by atoms with van der Waals surface area (Å²) < 4.78 is 0. The lowest BCUT2D eigenvalue weighted by atomic mass is 10.0. The first-order chi connectivity index (χ1) is 8.50. The highest BCUT2D eigenvalue weighted by Gasteiger charge is 2.09. The number of thioether (sulfide) groups is 1. The standard InChI is InChI=1S/C15H16O2S/c1-11(2)15(17)14-8-6-13(7-9-14)5-4-10-18-12(3)16/h6-9,11H,10H2,1-3H3. The number of benzene rings is 1. The number of ketones is 1. The molecule has 0 heterocycles. The quantitative estimate of drug-likeness (QED) is 0.618. The fraction of sp³-hybridized carbons (Fsp3) is 0.333. The molecule has 18 heavy (non-hydrogen) atoms. The Kier molecular flexibility index (Phi) is 5.67. The van der Waals surface area contributed by atoms with Crippen LogP contribution in [-0.4, -0.2) is 16.7 Å². The molecular formula is C15H16O2S. The van der Waals surface area contributed by atoms with Crippen LogP contribution >= 0.6 is 11.8 Å². The third-order valence-electron chi connectivity index (χ3n) is 2.27. The summed E-state index contributed by atoms with van der Waals surface area (Å²) in [7, 11) is 0. The Morgan fingerprint density at radius 1 is 1.22 bits per heavy atom. The molecule has 1 aromatic rings. The van der Waals surface area contributed by atoms with Gasteiger partial charge in [0.2, 0.25) is 0 Å². The number of hydrogen-bond donors (Lipinski definition) is 0. The Bertz CT molecular complexity index is 489. The average Bonchev–Trinajstić information content (AvgIpc) is 2.34. The molecule has 0 saturated carbocycles. The number of hydrogen-bond acceptors (Lipinski definition) is 3. The lowest BCUT2D eigenvalue weighted by Crippen LogP contribution is -2.06. The van der Waals surface area contributed by atoms with Crippen LogP contribution in [0.15, 0.2) is 24.3 Å². The Labute approximate surface area is 112 Å². The molecule has 0 saturated heterocycles. The van der Waals surface area contributed by atoms with Crippen LogP contribution in [0.1, 0.15) is 36.7 Å². The molecule has 0 aliphatic rings. The molecule has 0 unspecified atom stereocenters. The van der Waals surface area contributed by atoms with E-state index in [4.69, 9.17) is 0 Å². The average molecular weight is 260 g/mol. The minimum Gasteiger partial charge on any atom is -0.294 e. The third-order valence-corrected chi connectivity index (χ3v) is 2.97. The van der Waals surface area contributed by atoms with Crippen LogP contribution in [0.4, 0.5) is 0 Å². The van der Waals surface area contributed by atoms with Gasteiger partial charge in [0.25, 0.3) is 0 Å². The van der Waals surface area contributed by atoms with Crippen molar-refractivity contribution in [2.75, 3.05) is 5.75 Å². The van der Waals surface area contributed by atoms with Gasteiger partial charge in [0.1, 0.15) is 0 Å². The minimum absolute atomic E-state index is 0.00824. The zero-order valence-electron chi connectivity index (χ0n) is 10.8. The normalized spacial score (nSPS) is 9.78. The molecule has 0 amide bonds. The number of rotatable bonds is 3. The smallest absolute Gasteiger partial charge is 0.186 e. The van der Waals surface area contributed by atoms with Crippen molar-refractivity contribution >= 4 is 22.7 Å². The molecule has 0 aromatic heterocycles. The molecule has 0 radical (unpaired) electrons. The van der Waals surface area contributed by atoms with Gasteiger partial charge < -0.3 is 0 Å². The highest BCUT2D eigenvalue weighted by atomic mass is 32.2. The zero-order chi connectivity index (χ0) is 13.5. The van der Waals surface area contributed by atoms with Crippen molar-refractivity contribution in [3.05, 3.63) is 35.4 Å². The number of carbonyl (C=O) groups is 2. The molecule has 0 fully saturated rings. The Morgan fingerprint density at radius 3 is 2.33 bits per heavy atom. The molecule has 0 N–H and O–H groups in total. The minimum atomic E-state index is 0.00824.